The lowest BCUT2D eigenvalue weighted by atomic mass is 10.4. The third-order valence-electron chi connectivity index (χ3n) is 2.90. The molecule has 112 valence electrons. The van der Waals surface area contributed by atoms with E-state index in [1.54, 1.807) is 19.0 Å². The van der Waals surface area contributed by atoms with Gasteiger partial charge in [0.05, 0.1) is 6.54 Å². The Hall–Kier alpha value is -1.83. The van der Waals surface area contributed by atoms with Gasteiger partial charge >= 0.3 is 0 Å². The van der Waals surface area contributed by atoms with Crippen LogP contribution in [0.2, 0.25) is 0 Å². The van der Waals surface area contributed by atoms with Gasteiger partial charge in [-0.05, 0) is 13.8 Å². The van der Waals surface area contributed by atoms with E-state index in [1.807, 2.05) is 13.8 Å². The van der Waals surface area contributed by atoms with E-state index in [0.29, 0.717) is 23.1 Å². The molecule has 0 aliphatic carbocycles. The van der Waals surface area contributed by atoms with Gasteiger partial charge in [-0.1, -0.05) is 11.3 Å². The molecule has 0 aliphatic rings. The highest BCUT2D eigenvalue weighted by molar-refractivity contribution is 7.18. The molecule has 0 saturated heterocycles. The smallest absolute Gasteiger partial charge is 0.268 e. The van der Waals surface area contributed by atoms with Crippen LogP contribution >= 0.6 is 11.3 Å². The average molecular weight is 299 g/mol. The summed E-state index contributed by atoms with van der Waals surface area (Å²) in [5, 5.41) is 3.42. The second-order valence-corrected chi connectivity index (χ2v) is 5.21. The summed E-state index contributed by atoms with van der Waals surface area (Å²) in [6.07, 6.45) is 0. The average Bonchev–Trinajstić information content (AvgIpc) is 2.80. The Morgan fingerprint density at radius 1 is 1.35 bits per heavy atom. The minimum absolute atomic E-state index is 0.0345. The summed E-state index contributed by atoms with van der Waals surface area (Å²) in [7, 11) is 3.29. The monoisotopic (exact) mass is 299 g/mol. The second-order valence-electron chi connectivity index (χ2n) is 4.21. The molecule has 0 saturated carbocycles. The van der Waals surface area contributed by atoms with Crippen molar-refractivity contribution in [3.63, 3.8) is 0 Å². The van der Waals surface area contributed by atoms with Crippen molar-refractivity contribution in [3.8, 4) is 0 Å². The fourth-order valence-corrected chi connectivity index (χ4v) is 2.55. The summed E-state index contributed by atoms with van der Waals surface area (Å²) in [6.45, 7) is 5.11. The molecule has 0 aliphatic heterocycles. The number of amides is 2. The maximum absolute atomic E-state index is 12.2. The summed E-state index contributed by atoms with van der Waals surface area (Å²) >= 11 is 1.18. The van der Waals surface area contributed by atoms with Gasteiger partial charge in [-0.2, -0.15) is 0 Å². The van der Waals surface area contributed by atoms with Crippen LogP contribution in [0, 0.1) is 0 Å². The van der Waals surface area contributed by atoms with E-state index in [9.17, 15) is 9.59 Å². The van der Waals surface area contributed by atoms with Gasteiger partial charge < -0.3 is 20.9 Å². The molecule has 1 aromatic rings. The van der Waals surface area contributed by atoms with Gasteiger partial charge in [-0.15, -0.1) is 0 Å². The van der Waals surface area contributed by atoms with Crippen molar-refractivity contribution in [2.24, 2.45) is 0 Å². The summed E-state index contributed by atoms with van der Waals surface area (Å²) in [5.74, 6) is -0.184. The molecule has 8 heteroatoms. The number of carbonyl (C=O) groups is 2. The van der Waals surface area contributed by atoms with Gasteiger partial charge in [0.25, 0.3) is 5.91 Å². The molecule has 3 N–H and O–H groups in total. The van der Waals surface area contributed by atoms with Crippen LogP contribution in [-0.2, 0) is 4.79 Å². The lowest BCUT2D eigenvalue weighted by molar-refractivity contribution is -0.131. The van der Waals surface area contributed by atoms with Gasteiger partial charge in [-0.25, -0.2) is 4.98 Å². The van der Waals surface area contributed by atoms with Crippen molar-refractivity contribution in [2.75, 3.05) is 44.8 Å². The Kier molecular flexibility index (Phi) is 5.75. The van der Waals surface area contributed by atoms with Gasteiger partial charge in [0, 0.05) is 27.2 Å². The van der Waals surface area contributed by atoms with Crippen molar-refractivity contribution in [1.82, 2.24) is 14.8 Å². The van der Waals surface area contributed by atoms with Crippen LogP contribution in [0.5, 0.6) is 0 Å². The van der Waals surface area contributed by atoms with Crippen LogP contribution in [0.15, 0.2) is 0 Å². The highest BCUT2D eigenvalue weighted by Crippen LogP contribution is 2.25. The number of aromatic nitrogens is 1. The highest BCUT2D eigenvalue weighted by atomic mass is 32.1. The SMILES string of the molecule is CCN(CC)C(=O)CN(C)C(=O)c1sc(NC)nc1N. The van der Waals surface area contributed by atoms with E-state index in [0.717, 1.165) is 0 Å². The first kappa shape index (κ1) is 16.2. The topological polar surface area (TPSA) is 91.6 Å². The molecular weight excluding hydrogens is 278 g/mol. The van der Waals surface area contributed by atoms with Crippen molar-refractivity contribution >= 4 is 34.1 Å². The number of hydrogen-bond donors (Lipinski definition) is 2. The molecule has 0 unspecified atom stereocenters. The molecule has 0 bridgehead atoms. The molecule has 1 aromatic heterocycles. The normalized spacial score (nSPS) is 10.2. The third-order valence-corrected chi connectivity index (χ3v) is 3.97. The van der Waals surface area contributed by atoms with Gasteiger partial charge in [0.15, 0.2) is 5.13 Å². The van der Waals surface area contributed by atoms with Crippen LogP contribution in [0.25, 0.3) is 0 Å². The summed E-state index contributed by atoms with van der Waals surface area (Å²) in [6, 6.07) is 0. The Labute approximate surface area is 122 Å². The minimum Gasteiger partial charge on any atom is -0.382 e. The molecule has 7 nitrogen and oxygen atoms in total. The first-order valence-electron chi connectivity index (χ1n) is 6.41. The molecule has 2 amide bonds. The van der Waals surface area contributed by atoms with Crippen LogP contribution in [-0.4, -0.2) is 60.3 Å². The fourth-order valence-electron chi connectivity index (χ4n) is 1.72. The van der Waals surface area contributed by atoms with Crippen LogP contribution in [0.3, 0.4) is 0 Å². The number of hydrogen-bond acceptors (Lipinski definition) is 6. The largest absolute Gasteiger partial charge is 0.382 e. The number of nitrogen functional groups attached to an aromatic ring is 1. The maximum Gasteiger partial charge on any atom is 0.268 e. The summed E-state index contributed by atoms with van der Waals surface area (Å²) in [4.78, 5) is 31.6. The molecule has 0 atom stereocenters. The van der Waals surface area contributed by atoms with Crippen LogP contribution < -0.4 is 11.1 Å². The summed E-state index contributed by atoms with van der Waals surface area (Å²) in [5.41, 5.74) is 5.72. The van der Waals surface area contributed by atoms with E-state index in [1.165, 1.54) is 16.2 Å². The molecule has 0 radical (unpaired) electrons. The van der Waals surface area contributed by atoms with Crippen molar-refractivity contribution < 1.29 is 9.59 Å². The zero-order chi connectivity index (χ0) is 15.3. The molecule has 20 heavy (non-hydrogen) atoms. The van der Waals surface area contributed by atoms with Gasteiger partial charge in [0.2, 0.25) is 5.91 Å². The quantitative estimate of drug-likeness (QED) is 0.807. The molecule has 0 fully saturated rings. The Morgan fingerprint density at radius 2 is 1.95 bits per heavy atom. The zero-order valence-electron chi connectivity index (χ0n) is 12.3. The van der Waals surface area contributed by atoms with Gasteiger partial charge in [0.1, 0.15) is 10.7 Å². The molecular formula is C12H21N5O2S. The Bertz CT molecular complexity index is 484. The predicted octanol–water partition coefficient (Wildman–Crippen LogP) is 0.707. The van der Waals surface area contributed by atoms with E-state index in [2.05, 4.69) is 10.3 Å². The first-order valence-corrected chi connectivity index (χ1v) is 7.23. The van der Waals surface area contributed by atoms with E-state index in [-0.39, 0.29) is 24.2 Å². The molecule has 1 rings (SSSR count). The molecule has 0 aromatic carbocycles. The third kappa shape index (κ3) is 3.60. The summed E-state index contributed by atoms with van der Waals surface area (Å²) < 4.78 is 0. The van der Waals surface area contributed by atoms with E-state index in [4.69, 9.17) is 5.73 Å². The van der Waals surface area contributed by atoms with Crippen molar-refractivity contribution in [2.45, 2.75) is 13.8 Å². The van der Waals surface area contributed by atoms with Gasteiger partial charge in [-0.3, -0.25) is 9.59 Å². The second kappa shape index (κ2) is 7.09. The number of carbonyl (C=O) groups excluding carboxylic acids is 2. The fraction of sp³-hybridized carbons (Fsp3) is 0.583. The van der Waals surface area contributed by atoms with E-state index < -0.39 is 0 Å². The Morgan fingerprint density at radius 3 is 2.40 bits per heavy atom. The number of nitrogens with one attached hydrogen (secondary N) is 1. The Balaban J connectivity index is 2.76. The zero-order valence-corrected chi connectivity index (χ0v) is 13.1. The number of nitrogens with zero attached hydrogens (tertiary/aromatic N) is 3. The highest BCUT2D eigenvalue weighted by Gasteiger charge is 2.22. The lowest BCUT2D eigenvalue weighted by Gasteiger charge is -2.22. The number of likely N-dealkylation sites (N-methyl/N-ethyl adjacent to an activating group) is 2. The minimum atomic E-state index is -0.290. The molecule has 1 heterocycles. The standard InChI is InChI=1S/C12H21N5O2S/c1-5-17(6-2)8(18)7-16(4)11(19)9-10(13)15-12(14-3)20-9/h5-7,13H2,1-4H3,(H,14,15). The number of rotatable bonds is 6. The predicted molar refractivity (Wildman–Crippen MR) is 81.0 cm³/mol. The number of thiazole rings is 1. The lowest BCUT2D eigenvalue weighted by Crippen LogP contribution is -2.41. The molecule has 0 spiro atoms. The number of nitrogens with two attached hydrogens (primary N) is 1. The van der Waals surface area contributed by atoms with Crippen molar-refractivity contribution in [3.05, 3.63) is 4.88 Å². The van der Waals surface area contributed by atoms with Crippen LogP contribution in [0.1, 0.15) is 23.5 Å². The van der Waals surface area contributed by atoms with E-state index >= 15 is 0 Å². The maximum atomic E-state index is 12.2. The first-order chi connectivity index (χ1) is 9.44. The van der Waals surface area contributed by atoms with Crippen LogP contribution in [0.4, 0.5) is 10.9 Å². The number of anilines is 2. The van der Waals surface area contributed by atoms with Crippen molar-refractivity contribution in [1.29, 1.82) is 0 Å².